The number of carboxylic acid groups (broad SMARTS) is 1. The van der Waals surface area contributed by atoms with Gasteiger partial charge in [0.25, 0.3) is 0 Å². The van der Waals surface area contributed by atoms with E-state index in [0.29, 0.717) is 0 Å². The smallest absolute Gasteiger partial charge is 0.342 e. The summed E-state index contributed by atoms with van der Waals surface area (Å²) in [6.07, 6.45) is 0. The number of aromatic carboxylic acids is 1. The number of rotatable bonds is 3. The zero-order valence-corrected chi connectivity index (χ0v) is 9.55. The van der Waals surface area contributed by atoms with Gasteiger partial charge < -0.3 is 9.84 Å². The van der Waals surface area contributed by atoms with Gasteiger partial charge in [0.1, 0.15) is 17.1 Å². The molecule has 1 aromatic carbocycles. The van der Waals surface area contributed by atoms with E-state index in [9.17, 15) is 9.18 Å². The number of halogens is 1. The number of aromatic nitrogens is 1. The summed E-state index contributed by atoms with van der Waals surface area (Å²) in [4.78, 5) is 15.0. The molecule has 0 fully saturated rings. The number of carboxylic acids is 1. The standard InChI is InChI=1S/C13H10FNO3/c1-8-4-2-7-11(15-8)18-10-6-3-5-9(14)12(10)13(16)17/h2-7H,1H3,(H,16,17). The minimum atomic E-state index is -1.38. The van der Waals surface area contributed by atoms with Gasteiger partial charge in [0, 0.05) is 11.8 Å². The Morgan fingerprint density at radius 3 is 2.67 bits per heavy atom. The van der Waals surface area contributed by atoms with E-state index in [1.807, 2.05) is 0 Å². The first-order valence-electron chi connectivity index (χ1n) is 5.21. The van der Waals surface area contributed by atoms with Crippen molar-refractivity contribution in [1.29, 1.82) is 0 Å². The summed E-state index contributed by atoms with van der Waals surface area (Å²) in [6, 6.07) is 8.90. The molecular weight excluding hydrogens is 237 g/mol. The molecule has 1 aromatic heterocycles. The quantitative estimate of drug-likeness (QED) is 0.905. The maximum atomic E-state index is 13.4. The van der Waals surface area contributed by atoms with E-state index in [4.69, 9.17) is 9.84 Å². The molecule has 0 aliphatic rings. The Bertz CT molecular complexity index is 599. The Morgan fingerprint density at radius 1 is 1.28 bits per heavy atom. The van der Waals surface area contributed by atoms with Crippen molar-refractivity contribution < 1.29 is 19.0 Å². The van der Waals surface area contributed by atoms with Crippen molar-refractivity contribution in [2.75, 3.05) is 0 Å². The lowest BCUT2D eigenvalue weighted by Gasteiger charge is -2.08. The molecule has 0 bridgehead atoms. The second kappa shape index (κ2) is 4.83. The second-order valence-corrected chi connectivity index (χ2v) is 3.64. The molecule has 0 saturated carbocycles. The molecular formula is C13H10FNO3. The van der Waals surface area contributed by atoms with E-state index < -0.39 is 17.3 Å². The summed E-state index contributed by atoms with van der Waals surface area (Å²) >= 11 is 0. The van der Waals surface area contributed by atoms with Gasteiger partial charge in [-0.2, -0.15) is 0 Å². The van der Waals surface area contributed by atoms with Crippen LogP contribution >= 0.6 is 0 Å². The van der Waals surface area contributed by atoms with Gasteiger partial charge in [-0.3, -0.25) is 0 Å². The van der Waals surface area contributed by atoms with Crippen molar-refractivity contribution in [2.24, 2.45) is 0 Å². The first-order valence-corrected chi connectivity index (χ1v) is 5.21. The zero-order chi connectivity index (χ0) is 13.1. The van der Waals surface area contributed by atoms with Crippen LogP contribution in [0.2, 0.25) is 0 Å². The number of hydrogen-bond acceptors (Lipinski definition) is 3. The van der Waals surface area contributed by atoms with Gasteiger partial charge in [-0.15, -0.1) is 0 Å². The van der Waals surface area contributed by atoms with Crippen LogP contribution in [0.25, 0.3) is 0 Å². The van der Waals surface area contributed by atoms with Crippen LogP contribution in [-0.4, -0.2) is 16.1 Å². The van der Waals surface area contributed by atoms with Gasteiger partial charge in [0.05, 0.1) is 0 Å². The predicted octanol–water partition coefficient (Wildman–Crippen LogP) is 3.02. The van der Waals surface area contributed by atoms with Crippen molar-refractivity contribution >= 4 is 5.97 Å². The lowest BCUT2D eigenvalue weighted by Crippen LogP contribution is -2.04. The van der Waals surface area contributed by atoms with E-state index in [-0.39, 0.29) is 11.6 Å². The Hall–Kier alpha value is -2.43. The van der Waals surface area contributed by atoms with Gasteiger partial charge >= 0.3 is 5.97 Å². The molecule has 4 nitrogen and oxygen atoms in total. The SMILES string of the molecule is Cc1cccc(Oc2cccc(F)c2C(=O)O)n1. The van der Waals surface area contributed by atoms with Crippen molar-refractivity contribution in [3.05, 3.63) is 53.5 Å². The lowest BCUT2D eigenvalue weighted by molar-refractivity contribution is 0.0689. The molecule has 0 amide bonds. The average Bonchev–Trinajstić information content (AvgIpc) is 2.28. The molecule has 0 radical (unpaired) electrons. The number of hydrogen-bond donors (Lipinski definition) is 1. The molecule has 2 aromatic rings. The molecule has 1 N–H and O–H groups in total. The topological polar surface area (TPSA) is 59.4 Å². The first kappa shape index (κ1) is 12.0. The fraction of sp³-hybridized carbons (Fsp3) is 0.0769. The Labute approximate surface area is 103 Å². The van der Waals surface area contributed by atoms with Crippen molar-refractivity contribution in [1.82, 2.24) is 4.98 Å². The summed E-state index contributed by atoms with van der Waals surface area (Å²) in [6.45, 7) is 1.77. The van der Waals surface area contributed by atoms with Gasteiger partial charge in [-0.1, -0.05) is 12.1 Å². The van der Waals surface area contributed by atoms with Gasteiger partial charge in [-0.05, 0) is 25.1 Å². The zero-order valence-electron chi connectivity index (χ0n) is 9.55. The highest BCUT2D eigenvalue weighted by molar-refractivity contribution is 5.91. The average molecular weight is 247 g/mol. The summed E-state index contributed by atoms with van der Waals surface area (Å²) in [5, 5.41) is 8.94. The summed E-state index contributed by atoms with van der Waals surface area (Å²) in [5.41, 5.74) is 0.224. The maximum Gasteiger partial charge on any atom is 0.342 e. The Balaban J connectivity index is 2.40. The number of aryl methyl sites for hydroxylation is 1. The van der Waals surface area contributed by atoms with E-state index in [1.54, 1.807) is 25.1 Å². The van der Waals surface area contributed by atoms with Gasteiger partial charge in [0.15, 0.2) is 0 Å². The van der Waals surface area contributed by atoms with Crippen LogP contribution in [0, 0.1) is 12.7 Å². The summed E-state index contributed by atoms with van der Waals surface area (Å²) in [7, 11) is 0. The highest BCUT2D eigenvalue weighted by atomic mass is 19.1. The molecule has 0 aliphatic carbocycles. The molecule has 0 unspecified atom stereocenters. The Kier molecular flexibility index (Phi) is 3.23. The maximum absolute atomic E-state index is 13.4. The minimum absolute atomic E-state index is 0.0689. The van der Waals surface area contributed by atoms with Crippen molar-refractivity contribution in [3.8, 4) is 11.6 Å². The Morgan fingerprint density at radius 2 is 2.00 bits per heavy atom. The van der Waals surface area contributed by atoms with Crippen LogP contribution in [0.15, 0.2) is 36.4 Å². The van der Waals surface area contributed by atoms with Crippen LogP contribution in [0.4, 0.5) is 4.39 Å². The van der Waals surface area contributed by atoms with Crippen molar-refractivity contribution in [2.45, 2.75) is 6.92 Å². The van der Waals surface area contributed by atoms with E-state index in [1.165, 1.54) is 12.1 Å². The van der Waals surface area contributed by atoms with E-state index in [0.717, 1.165) is 11.8 Å². The molecule has 0 spiro atoms. The molecule has 92 valence electrons. The van der Waals surface area contributed by atoms with E-state index >= 15 is 0 Å². The second-order valence-electron chi connectivity index (χ2n) is 3.64. The minimum Gasteiger partial charge on any atom is -0.477 e. The van der Waals surface area contributed by atoms with Crippen LogP contribution in [0.3, 0.4) is 0 Å². The number of benzene rings is 1. The summed E-state index contributed by atoms with van der Waals surface area (Å²) in [5.74, 6) is -2.06. The molecule has 2 rings (SSSR count). The molecule has 0 aliphatic heterocycles. The van der Waals surface area contributed by atoms with Crippen LogP contribution in [0.1, 0.15) is 16.1 Å². The third kappa shape index (κ3) is 2.45. The third-order valence-electron chi connectivity index (χ3n) is 2.27. The number of nitrogens with zero attached hydrogens (tertiary/aromatic N) is 1. The number of carbonyl (C=O) groups is 1. The highest BCUT2D eigenvalue weighted by Gasteiger charge is 2.17. The van der Waals surface area contributed by atoms with Crippen LogP contribution in [-0.2, 0) is 0 Å². The fourth-order valence-electron chi connectivity index (χ4n) is 1.48. The first-order chi connectivity index (χ1) is 8.58. The van der Waals surface area contributed by atoms with Crippen LogP contribution in [0.5, 0.6) is 11.6 Å². The van der Waals surface area contributed by atoms with E-state index in [2.05, 4.69) is 4.98 Å². The summed E-state index contributed by atoms with van der Waals surface area (Å²) < 4.78 is 18.7. The van der Waals surface area contributed by atoms with Crippen LogP contribution < -0.4 is 4.74 Å². The molecule has 5 heteroatoms. The number of ether oxygens (including phenoxy) is 1. The fourth-order valence-corrected chi connectivity index (χ4v) is 1.48. The normalized spacial score (nSPS) is 10.1. The predicted molar refractivity (Wildman–Crippen MR) is 62.4 cm³/mol. The lowest BCUT2D eigenvalue weighted by atomic mass is 10.2. The van der Waals surface area contributed by atoms with Gasteiger partial charge in [0.2, 0.25) is 5.88 Å². The largest absolute Gasteiger partial charge is 0.477 e. The van der Waals surface area contributed by atoms with Gasteiger partial charge in [-0.25, -0.2) is 14.2 Å². The van der Waals surface area contributed by atoms with Crippen molar-refractivity contribution in [3.63, 3.8) is 0 Å². The molecule has 18 heavy (non-hydrogen) atoms. The number of pyridine rings is 1. The highest BCUT2D eigenvalue weighted by Crippen LogP contribution is 2.26. The monoisotopic (exact) mass is 247 g/mol. The third-order valence-corrected chi connectivity index (χ3v) is 2.27. The molecule has 1 heterocycles. The molecule has 0 saturated heterocycles. The molecule has 0 atom stereocenters.